The zero-order chi connectivity index (χ0) is 21.1. The van der Waals surface area contributed by atoms with Crippen molar-refractivity contribution in [1.29, 1.82) is 0 Å². The molecule has 3 aromatic rings. The Labute approximate surface area is 175 Å². The maximum atomic E-state index is 13.2. The molecule has 0 fully saturated rings. The minimum atomic E-state index is -0.582. The summed E-state index contributed by atoms with van der Waals surface area (Å²) in [5.74, 6) is -0.461. The average Bonchev–Trinajstić information content (AvgIpc) is 2.93. The van der Waals surface area contributed by atoms with Crippen LogP contribution in [0.5, 0.6) is 0 Å². The SMILES string of the molecule is Cc1ccc2c(c1)C(O)CCCN2C(=O)c1ccc(NC(=O)c2ccccc2)cn1. The van der Waals surface area contributed by atoms with Crippen molar-refractivity contribution in [2.45, 2.75) is 25.9 Å². The van der Waals surface area contributed by atoms with Crippen molar-refractivity contribution in [3.63, 3.8) is 0 Å². The number of benzene rings is 2. The quantitative estimate of drug-likeness (QED) is 0.692. The van der Waals surface area contributed by atoms with Crippen molar-refractivity contribution in [2.24, 2.45) is 0 Å². The number of hydrogen-bond donors (Lipinski definition) is 2. The molecule has 1 aliphatic rings. The van der Waals surface area contributed by atoms with Crippen molar-refractivity contribution in [3.05, 3.63) is 89.2 Å². The number of aromatic nitrogens is 1. The van der Waals surface area contributed by atoms with Crippen LogP contribution in [0, 0.1) is 6.92 Å². The summed E-state index contributed by atoms with van der Waals surface area (Å²) in [5.41, 5.74) is 3.89. The molecule has 2 aromatic carbocycles. The van der Waals surface area contributed by atoms with Crippen LogP contribution in [0.3, 0.4) is 0 Å². The molecule has 1 aromatic heterocycles. The molecule has 0 radical (unpaired) electrons. The normalized spacial score (nSPS) is 15.8. The van der Waals surface area contributed by atoms with Crippen LogP contribution in [0.1, 0.15) is 50.9 Å². The van der Waals surface area contributed by atoms with Gasteiger partial charge < -0.3 is 15.3 Å². The number of amides is 2. The standard InChI is InChI=1S/C24H23N3O3/c1-16-9-12-21-19(14-16)22(28)8-5-13-27(21)24(30)20-11-10-18(15-25-20)26-23(29)17-6-3-2-4-7-17/h2-4,6-7,9-12,14-15,22,28H,5,8,13H2,1H3,(H,26,29). The predicted molar refractivity (Wildman–Crippen MR) is 116 cm³/mol. The fourth-order valence-electron chi connectivity index (χ4n) is 3.64. The number of anilines is 2. The topological polar surface area (TPSA) is 82.5 Å². The number of hydrogen-bond acceptors (Lipinski definition) is 4. The number of aliphatic hydroxyl groups excluding tert-OH is 1. The lowest BCUT2D eigenvalue weighted by atomic mass is 10.0. The van der Waals surface area contributed by atoms with E-state index in [9.17, 15) is 14.7 Å². The third-order valence-corrected chi connectivity index (χ3v) is 5.21. The Morgan fingerprint density at radius 2 is 1.90 bits per heavy atom. The number of rotatable bonds is 3. The number of carbonyl (C=O) groups is 2. The van der Waals surface area contributed by atoms with E-state index in [1.165, 1.54) is 6.20 Å². The first-order chi connectivity index (χ1) is 14.5. The molecule has 152 valence electrons. The second kappa shape index (κ2) is 8.47. The second-order valence-corrected chi connectivity index (χ2v) is 7.43. The summed E-state index contributed by atoms with van der Waals surface area (Å²) in [6, 6.07) is 17.9. The van der Waals surface area contributed by atoms with Crippen molar-refractivity contribution in [2.75, 3.05) is 16.8 Å². The molecular weight excluding hydrogens is 378 g/mol. The monoisotopic (exact) mass is 401 g/mol. The van der Waals surface area contributed by atoms with Crippen LogP contribution < -0.4 is 10.2 Å². The second-order valence-electron chi connectivity index (χ2n) is 7.43. The smallest absolute Gasteiger partial charge is 0.276 e. The van der Waals surface area contributed by atoms with Gasteiger partial charge in [-0.2, -0.15) is 0 Å². The lowest BCUT2D eigenvalue weighted by Crippen LogP contribution is -2.32. The number of aryl methyl sites for hydroxylation is 1. The Hall–Kier alpha value is -3.51. The Morgan fingerprint density at radius 3 is 2.63 bits per heavy atom. The van der Waals surface area contributed by atoms with Gasteiger partial charge in [0.1, 0.15) is 5.69 Å². The van der Waals surface area contributed by atoms with Gasteiger partial charge in [0, 0.05) is 23.4 Å². The number of fused-ring (bicyclic) bond motifs is 1. The maximum Gasteiger partial charge on any atom is 0.276 e. The molecule has 0 saturated carbocycles. The zero-order valence-electron chi connectivity index (χ0n) is 16.7. The summed E-state index contributed by atoms with van der Waals surface area (Å²) in [6.45, 7) is 2.48. The Morgan fingerprint density at radius 1 is 1.10 bits per heavy atom. The summed E-state index contributed by atoms with van der Waals surface area (Å²) in [5, 5.41) is 13.2. The van der Waals surface area contributed by atoms with Gasteiger partial charge in [-0.25, -0.2) is 4.98 Å². The largest absolute Gasteiger partial charge is 0.388 e. The molecule has 6 heteroatoms. The summed E-state index contributed by atoms with van der Waals surface area (Å²) in [6.07, 6.45) is 2.21. The highest BCUT2D eigenvalue weighted by Gasteiger charge is 2.27. The molecule has 1 unspecified atom stereocenters. The highest BCUT2D eigenvalue weighted by molar-refractivity contribution is 6.06. The van der Waals surface area contributed by atoms with Gasteiger partial charge in [0.25, 0.3) is 11.8 Å². The maximum absolute atomic E-state index is 13.2. The number of nitrogens with zero attached hydrogens (tertiary/aromatic N) is 2. The number of nitrogens with one attached hydrogen (secondary N) is 1. The molecule has 0 spiro atoms. The molecule has 6 nitrogen and oxygen atoms in total. The summed E-state index contributed by atoms with van der Waals surface area (Å²) >= 11 is 0. The molecule has 30 heavy (non-hydrogen) atoms. The molecule has 1 aliphatic heterocycles. The third kappa shape index (κ3) is 4.09. The first-order valence-corrected chi connectivity index (χ1v) is 9.96. The van der Waals surface area contributed by atoms with E-state index in [1.807, 2.05) is 31.2 Å². The van der Waals surface area contributed by atoms with E-state index in [-0.39, 0.29) is 17.5 Å². The van der Waals surface area contributed by atoms with Crippen LogP contribution in [0.25, 0.3) is 0 Å². The van der Waals surface area contributed by atoms with E-state index < -0.39 is 6.10 Å². The summed E-state index contributed by atoms with van der Waals surface area (Å²) < 4.78 is 0. The molecule has 1 atom stereocenters. The highest BCUT2D eigenvalue weighted by Crippen LogP contribution is 2.34. The summed E-state index contributed by atoms with van der Waals surface area (Å²) in [4.78, 5) is 31.4. The molecule has 4 rings (SSSR count). The van der Waals surface area contributed by atoms with Gasteiger partial charge in [0.05, 0.1) is 18.0 Å². The first-order valence-electron chi connectivity index (χ1n) is 9.96. The average molecular weight is 401 g/mol. The molecule has 0 aliphatic carbocycles. The number of pyridine rings is 1. The van der Waals surface area contributed by atoms with E-state index >= 15 is 0 Å². The van der Waals surface area contributed by atoms with Gasteiger partial charge in [0.2, 0.25) is 0 Å². The first kappa shape index (κ1) is 19.8. The molecule has 2 N–H and O–H groups in total. The third-order valence-electron chi connectivity index (χ3n) is 5.21. The molecule has 2 amide bonds. The number of aliphatic hydroxyl groups is 1. The van der Waals surface area contributed by atoms with Gasteiger partial charge in [-0.1, -0.05) is 35.9 Å². The van der Waals surface area contributed by atoms with Gasteiger partial charge in [-0.3, -0.25) is 9.59 Å². The van der Waals surface area contributed by atoms with Crippen LogP contribution in [0.4, 0.5) is 11.4 Å². The van der Waals surface area contributed by atoms with Crippen molar-refractivity contribution < 1.29 is 14.7 Å². The van der Waals surface area contributed by atoms with Crippen molar-refractivity contribution >= 4 is 23.2 Å². The minimum Gasteiger partial charge on any atom is -0.388 e. The predicted octanol–water partition coefficient (Wildman–Crippen LogP) is 4.12. The number of carbonyl (C=O) groups excluding carboxylic acids is 2. The zero-order valence-corrected chi connectivity index (χ0v) is 16.7. The molecular formula is C24H23N3O3. The fourth-order valence-corrected chi connectivity index (χ4v) is 3.64. The van der Waals surface area contributed by atoms with E-state index in [0.29, 0.717) is 30.6 Å². The van der Waals surface area contributed by atoms with E-state index in [1.54, 1.807) is 41.3 Å². The lowest BCUT2D eigenvalue weighted by Gasteiger charge is -2.23. The van der Waals surface area contributed by atoms with Crippen LogP contribution in [-0.4, -0.2) is 28.4 Å². The Balaban J connectivity index is 1.54. The van der Waals surface area contributed by atoms with Crippen LogP contribution in [0.15, 0.2) is 66.9 Å². The van der Waals surface area contributed by atoms with Crippen LogP contribution in [-0.2, 0) is 0 Å². The van der Waals surface area contributed by atoms with Gasteiger partial charge >= 0.3 is 0 Å². The molecule has 0 saturated heterocycles. The van der Waals surface area contributed by atoms with Gasteiger partial charge in [-0.05, 0) is 50.1 Å². The van der Waals surface area contributed by atoms with Gasteiger partial charge in [0.15, 0.2) is 0 Å². The van der Waals surface area contributed by atoms with Crippen LogP contribution in [0.2, 0.25) is 0 Å². The summed E-state index contributed by atoms with van der Waals surface area (Å²) in [7, 11) is 0. The minimum absolute atomic E-state index is 0.227. The van der Waals surface area contributed by atoms with Crippen LogP contribution >= 0.6 is 0 Å². The van der Waals surface area contributed by atoms with Crippen molar-refractivity contribution in [3.8, 4) is 0 Å². The Kier molecular flexibility index (Phi) is 5.59. The Bertz CT molecular complexity index is 1060. The lowest BCUT2D eigenvalue weighted by molar-refractivity contribution is 0.0981. The van der Waals surface area contributed by atoms with Crippen molar-refractivity contribution in [1.82, 2.24) is 4.98 Å². The van der Waals surface area contributed by atoms with E-state index in [0.717, 1.165) is 16.8 Å². The fraction of sp³-hybridized carbons (Fsp3) is 0.208. The van der Waals surface area contributed by atoms with E-state index in [2.05, 4.69) is 10.3 Å². The van der Waals surface area contributed by atoms with E-state index in [4.69, 9.17) is 0 Å². The van der Waals surface area contributed by atoms with Gasteiger partial charge in [-0.15, -0.1) is 0 Å². The highest BCUT2D eigenvalue weighted by atomic mass is 16.3. The molecule has 0 bridgehead atoms. The molecule has 2 heterocycles.